The lowest BCUT2D eigenvalue weighted by molar-refractivity contribution is -0.110. The fraction of sp³-hybridized carbons (Fsp3) is 0.500. The van der Waals surface area contributed by atoms with E-state index in [4.69, 9.17) is 24.0 Å². The lowest BCUT2D eigenvalue weighted by Crippen LogP contribution is -2.51. The third kappa shape index (κ3) is 7.28. The minimum absolute atomic E-state index is 0.123. The molecule has 3 saturated heterocycles. The summed E-state index contributed by atoms with van der Waals surface area (Å²) in [6.07, 6.45) is 11.1. The first kappa shape index (κ1) is 35.3. The van der Waals surface area contributed by atoms with Gasteiger partial charge in [0.1, 0.15) is 29.9 Å². The molecule has 3 unspecified atom stereocenters. The van der Waals surface area contributed by atoms with Gasteiger partial charge in [-0.25, -0.2) is 4.39 Å². The summed E-state index contributed by atoms with van der Waals surface area (Å²) in [4.78, 5) is 34.8. The summed E-state index contributed by atoms with van der Waals surface area (Å²) < 4.78 is 34.4. The van der Waals surface area contributed by atoms with Crippen molar-refractivity contribution in [3.8, 4) is 23.1 Å². The first-order chi connectivity index (χ1) is 25.9. The van der Waals surface area contributed by atoms with Crippen LogP contribution in [-0.2, 0) is 11.2 Å². The molecular formula is C40H47FN8O4. The number of nitrogens with zero attached hydrogens (tertiary/aromatic N) is 7. The van der Waals surface area contributed by atoms with Crippen molar-refractivity contribution in [1.82, 2.24) is 35.3 Å². The number of fused-ring (bicyclic) bond motifs is 4. The van der Waals surface area contributed by atoms with Crippen LogP contribution < -0.4 is 19.7 Å². The van der Waals surface area contributed by atoms with Crippen molar-refractivity contribution in [2.45, 2.75) is 70.9 Å². The number of rotatable bonds is 13. The number of hydrogen-bond acceptors (Lipinski definition) is 12. The minimum atomic E-state index is -0.496. The summed E-state index contributed by atoms with van der Waals surface area (Å²) in [5, 5.41) is 10.2. The van der Waals surface area contributed by atoms with Crippen LogP contribution in [0.5, 0.6) is 11.9 Å². The van der Waals surface area contributed by atoms with Crippen LogP contribution in [-0.4, -0.2) is 94.3 Å². The molecular weight excluding hydrogens is 675 g/mol. The van der Waals surface area contributed by atoms with Gasteiger partial charge in [0.25, 0.3) is 5.88 Å². The van der Waals surface area contributed by atoms with E-state index < -0.39 is 5.82 Å². The Kier molecular flexibility index (Phi) is 10.2. The Morgan fingerprint density at radius 3 is 2.62 bits per heavy atom. The van der Waals surface area contributed by atoms with Crippen LogP contribution in [0, 0.1) is 17.7 Å². The lowest BCUT2D eigenvalue weighted by atomic mass is 9.95. The smallest absolute Gasteiger partial charge is 0.319 e. The second-order valence-electron chi connectivity index (χ2n) is 15.0. The van der Waals surface area contributed by atoms with Crippen molar-refractivity contribution in [2.24, 2.45) is 11.8 Å². The molecule has 2 bridgehead atoms. The number of nitrogens with one attached hydrogen (secondary N) is 1. The second kappa shape index (κ2) is 15.3. The summed E-state index contributed by atoms with van der Waals surface area (Å²) in [6, 6.07) is 8.71. The first-order valence-corrected chi connectivity index (χ1v) is 19.0. The molecule has 0 saturated carbocycles. The van der Waals surface area contributed by atoms with Crippen LogP contribution >= 0.6 is 0 Å². The number of pyridine rings is 2. The number of ether oxygens (including phenoxy) is 2. The highest BCUT2D eigenvalue weighted by atomic mass is 19.1. The van der Waals surface area contributed by atoms with E-state index in [1.165, 1.54) is 0 Å². The molecule has 4 aromatic heterocycles. The lowest BCUT2D eigenvalue weighted by Gasteiger charge is -2.34. The van der Waals surface area contributed by atoms with Gasteiger partial charge in [-0.15, -0.1) is 0 Å². The van der Waals surface area contributed by atoms with Crippen LogP contribution in [0.15, 0.2) is 47.4 Å². The van der Waals surface area contributed by atoms with Gasteiger partial charge in [-0.2, -0.15) is 9.97 Å². The second-order valence-corrected chi connectivity index (χ2v) is 15.0. The molecule has 3 aliphatic heterocycles. The van der Waals surface area contributed by atoms with Gasteiger partial charge in [0, 0.05) is 67.3 Å². The van der Waals surface area contributed by atoms with Gasteiger partial charge >= 0.3 is 6.01 Å². The normalized spacial score (nSPS) is 20.1. The Bertz CT molecular complexity index is 2070. The highest BCUT2D eigenvalue weighted by molar-refractivity contribution is 6.00. The molecule has 0 spiro atoms. The van der Waals surface area contributed by atoms with E-state index >= 15 is 4.39 Å². The predicted molar refractivity (Wildman–Crippen MR) is 200 cm³/mol. The number of aldehydes is 1. The number of hydrogen-bond donors (Lipinski definition) is 1. The molecule has 5 aromatic rings. The standard InChI is InChI=1S/C40H47FN8O4/c1-4-26-6-5-7-27-17-42-18-30(35(26)27)37-36(41)38-31(19-43-37)39(49-20-28-8-9-29(21-49)44-28)46-40(45-38)51-15-14-48-12-10-25(11-13-48)23-52-34-16-33(53-47-34)32(22-50)24(2)3/h5-7,16-19,22,24-25,28-29,32,44H,4,8-15,20-21,23H2,1-3H3. The van der Waals surface area contributed by atoms with Gasteiger partial charge in [0.2, 0.25) is 0 Å². The minimum Gasteiger partial charge on any atom is -0.475 e. The van der Waals surface area contributed by atoms with E-state index in [0.717, 1.165) is 80.9 Å². The SMILES string of the molecule is CCc1cccc2cncc(-c3ncc4c(N5CC6CCC(C5)N6)nc(OCCN5CCC(COc6cc(C(C=O)C(C)C)on6)CC5)nc4c3F)c12. The topological polar surface area (TPSA) is 132 Å². The van der Waals surface area contributed by atoms with Crippen molar-refractivity contribution in [2.75, 3.05) is 50.8 Å². The summed E-state index contributed by atoms with van der Waals surface area (Å²) in [5.74, 6) is 1.31. The molecule has 53 heavy (non-hydrogen) atoms. The molecule has 7 heterocycles. The Morgan fingerprint density at radius 2 is 1.87 bits per heavy atom. The van der Waals surface area contributed by atoms with Gasteiger partial charge in [-0.3, -0.25) is 14.9 Å². The number of piperazine rings is 1. The van der Waals surface area contributed by atoms with Crippen LogP contribution in [0.1, 0.15) is 63.7 Å². The first-order valence-electron chi connectivity index (χ1n) is 19.0. The third-order valence-electron chi connectivity index (χ3n) is 11.2. The van der Waals surface area contributed by atoms with Crippen molar-refractivity contribution in [3.05, 3.63) is 60.0 Å². The number of carbonyl (C=O) groups is 1. The molecule has 12 nitrogen and oxygen atoms in total. The number of aryl methyl sites for hydroxylation is 1. The average Bonchev–Trinajstić information content (AvgIpc) is 3.79. The highest BCUT2D eigenvalue weighted by Gasteiger charge is 2.34. The molecule has 0 aliphatic carbocycles. The molecule has 0 amide bonds. The zero-order valence-electron chi connectivity index (χ0n) is 30.6. The van der Waals surface area contributed by atoms with E-state index in [1.54, 1.807) is 18.5 Å². The predicted octanol–water partition coefficient (Wildman–Crippen LogP) is 5.98. The molecule has 278 valence electrons. The zero-order chi connectivity index (χ0) is 36.5. The Balaban J connectivity index is 0.968. The number of likely N-dealkylation sites (tertiary alicyclic amines) is 1. The molecule has 8 rings (SSSR count). The van der Waals surface area contributed by atoms with Crippen LogP contribution in [0.4, 0.5) is 10.2 Å². The molecule has 1 N–H and O–H groups in total. The third-order valence-corrected chi connectivity index (χ3v) is 11.2. The number of benzene rings is 1. The summed E-state index contributed by atoms with van der Waals surface area (Å²) >= 11 is 0. The van der Waals surface area contributed by atoms with E-state index in [1.807, 2.05) is 32.2 Å². The Morgan fingerprint density at radius 1 is 1.06 bits per heavy atom. The van der Waals surface area contributed by atoms with Crippen LogP contribution in [0.25, 0.3) is 32.9 Å². The van der Waals surface area contributed by atoms with Crippen molar-refractivity contribution in [1.29, 1.82) is 0 Å². The van der Waals surface area contributed by atoms with E-state index in [-0.39, 0.29) is 29.1 Å². The molecule has 3 atom stereocenters. The number of halogens is 1. The van der Waals surface area contributed by atoms with Crippen molar-refractivity contribution < 1.29 is 23.2 Å². The molecule has 3 fully saturated rings. The monoisotopic (exact) mass is 722 g/mol. The van der Waals surface area contributed by atoms with Crippen molar-refractivity contribution in [3.63, 3.8) is 0 Å². The fourth-order valence-corrected chi connectivity index (χ4v) is 8.17. The maximum atomic E-state index is 16.8. The number of anilines is 1. The quantitative estimate of drug-likeness (QED) is 0.144. The summed E-state index contributed by atoms with van der Waals surface area (Å²) in [5.41, 5.74) is 2.20. The zero-order valence-corrected chi connectivity index (χ0v) is 30.6. The van der Waals surface area contributed by atoms with E-state index in [2.05, 4.69) is 43.2 Å². The molecule has 3 aliphatic rings. The maximum absolute atomic E-state index is 16.8. The maximum Gasteiger partial charge on any atom is 0.319 e. The molecule has 13 heteroatoms. The van der Waals surface area contributed by atoms with Crippen molar-refractivity contribution >= 4 is 33.8 Å². The van der Waals surface area contributed by atoms with Gasteiger partial charge in [-0.05, 0) is 73.1 Å². The summed E-state index contributed by atoms with van der Waals surface area (Å²) in [7, 11) is 0. The highest BCUT2D eigenvalue weighted by Crippen LogP contribution is 2.37. The van der Waals surface area contributed by atoms with Gasteiger partial charge in [-0.1, -0.05) is 39.0 Å². The molecule has 0 radical (unpaired) electrons. The fourth-order valence-electron chi connectivity index (χ4n) is 8.17. The largest absolute Gasteiger partial charge is 0.475 e. The van der Waals surface area contributed by atoms with Crippen LogP contribution in [0.3, 0.4) is 0 Å². The molecule has 1 aromatic carbocycles. The number of aromatic nitrogens is 5. The summed E-state index contributed by atoms with van der Waals surface area (Å²) in [6.45, 7) is 11.0. The Labute approximate surface area is 308 Å². The van der Waals surface area contributed by atoms with Gasteiger partial charge in [0.15, 0.2) is 11.6 Å². The Hall–Kier alpha value is -4.75. The van der Waals surface area contributed by atoms with Gasteiger partial charge < -0.3 is 29.0 Å². The number of carbonyl (C=O) groups excluding carboxylic acids is 1. The van der Waals surface area contributed by atoms with Gasteiger partial charge in [0.05, 0.1) is 17.9 Å². The van der Waals surface area contributed by atoms with E-state index in [9.17, 15) is 4.79 Å². The number of piperidine rings is 1. The average molecular weight is 723 g/mol. The van der Waals surface area contributed by atoms with E-state index in [0.29, 0.717) is 66.2 Å². The van der Waals surface area contributed by atoms with Crippen LogP contribution in [0.2, 0.25) is 0 Å².